The molecule has 4 rings (SSSR count). The van der Waals surface area contributed by atoms with Crippen molar-refractivity contribution in [2.45, 2.75) is 6.42 Å². The average molecular weight is 379 g/mol. The van der Waals surface area contributed by atoms with E-state index in [0.29, 0.717) is 23.6 Å². The number of aliphatic hydroxyl groups is 1. The number of aromatic nitrogens is 2. The molecule has 0 bridgehead atoms. The number of amides is 1. The van der Waals surface area contributed by atoms with Crippen molar-refractivity contribution in [2.75, 3.05) is 27.4 Å². The number of rotatable bonds is 6. The van der Waals surface area contributed by atoms with Crippen molar-refractivity contribution in [3.8, 4) is 28.4 Å². The Kier molecular flexibility index (Phi) is 4.75. The molecule has 3 aromatic rings. The van der Waals surface area contributed by atoms with Crippen LogP contribution in [0, 0.1) is 0 Å². The highest BCUT2D eigenvalue weighted by atomic mass is 16.5. The lowest BCUT2D eigenvalue weighted by Crippen LogP contribution is -2.27. The first kappa shape index (κ1) is 18.1. The molecule has 144 valence electrons. The summed E-state index contributed by atoms with van der Waals surface area (Å²) in [5, 5.41) is 16.3. The largest absolute Gasteiger partial charge is 0.493 e. The summed E-state index contributed by atoms with van der Waals surface area (Å²) < 4.78 is 12.7. The summed E-state index contributed by atoms with van der Waals surface area (Å²) in [6.07, 6.45) is 0.569. The SMILES string of the molecule is COc1cc2c(cc1OC)-c1c(c(C(=O)NCCO)nn1-c1ccccc1)C2. The smallest absolute Gasteiger partial charge is 0.272 e. The number of nitrogens with zero attached hydrogens (tertiary/aromatic N) is 2. The van der Waals surface area contributed by atoms with Gasteiger partial charge in [0.25, 0.3) is 5.91 Å². The van der Waals surface area contributed by atoms with Crippen LogP contribution in [0.15, 0.2) is 42.5 Å². The molecule has 0 unspecified atom stereocenters. The molecule has 1 aliphatic rings. The Hall–Kier alpha value is -3.32. The van der Waals surface area contributed by atoms with Crippen LogP contribution in [0.2, 0.25) is 0 Å². The third kappa shape index (κ3) is 2.90. The second kappa shape index (κ2) is 7.36. The Bertz CT molecular complexity index is 1030. The lowest BCUT2D eigenvalue weighted by molar-refractivity contribution is 0.0938. The number of carbonyl (C=O) groups is 1. The predicted molar refractivity (Wildman–Crippen MR) is 104 cm³/mol. The normalized spacial score (nSPS) is 11.7. The summed E-state index contributed by atoms with van der Waals surface area (Å²) in [5.74, 6) is 0.977. The van der Waals surface area contributed by atoms with Crippen LogP contribution >= 0.6 is 0 Å². The summed E-state index contributed by atoms with van der Waals surface area (Å²) in [7, 11) is 3.20. The van der Waals surface area contributed by atoms with Crippen LogP contribution in [-0.4, -0.2) is 48.2 Å². The van der Waals surface area contributed by atoms with Gasteiger partial charge in [0.1, 0.15) is 0 Å². The van der Waals surface area contributed by atoms with Crippen LogP contribution < -0.4 is 14.8 Å². The molecule has 0 atom stereocenters. The van der Waals surface area contributed by atoms with Gasteiger partial charge in [-0.15, -0.1) is 0 Å². The Labute approximate surface area is 162 Å². The number of ether oxygens (including phenoxy) is 2. The maximum absolute atomic E-state index is 12.7. The first-order chi connectivity index (χ1) is 13.7. The minimum absolute atomic E-state index is 0.123. The van der Waals surface area contributed by atoms with Crippen LogP contribution in [-0.2, 0) is 6.42 Å². The zero-order valence-corrected chi connectivity index (χ0v) is 15.7. The van der Waals surface area contributed by atoms with E-state index in [0.717, 1.165) is 28.1 Å². The number of hydrogen-bond acceptors (Lipinski definition) is 5. The van der Waals surface area contributed by atoms with E-state index in [9.17, 15) is 4.79 Å². The lowest BCUT2D eigenvalue weighted by atomic mass is 10.1. The van der Waals surface area contributed by atoms with Crippen LogP contribution in [0.1, 0.15) is 21.6 Å². The highest BCUT2D eigenvalue weighted by Gasteiger charge is 2.32. The molecule has 0 aliphatic heterocycles. The summed E-state index contributed by atoms with van der Waals surface area (Å²) in [5.41, 5.74) is 4.96. The van der Waals surface area contributed by atoms with E-state index in [1.807, 2.05) is 42.5 Å². The number of fused-ring (bicyclic) bond motifs is 3. The van der Waals surface area contributed by atoms with Crippen LogP contribution in [0.5, 0.6) is 11.5 Å². The van der Waals surface area contributed by atoms with Gasteiger partial charge >= 0.3 is 0 Å². The fraction of sp³-hybridized carbons (Fsp3) is 0.238. The van der Waals surface area contributed by atoms with Crippen molar-refractivity contribution in [1.82, 2.24) is 15.1 Å². The fourth-order valence-corrected chi connectivity index (χ4v) is 3.56. The molecular weight excluding hydrogens is 358 g/mol. The second-order valence-electron chi connectivity index (χ2n) is 6.44. The Morgan fingerprint density at radius 1 is 1.18 bits per heavy atom. The molecule has 0 spiro atoms. The maximum atomic E-state index is 12.7. The van der Waals surface area contributed by atoms with E-state index < -0.39 is 0 Å². The van der Waals surface area contributed by atoms with Crippen molar-refractivity contribution < 1.29 is 19.4 Å². The molecule has 0 radical (unpaired) electrons. The summed E-state index contributed by atoms with van der Waals surface area (Å²) >= 11 is 0. The number of para-hydroxylation sites is 1. The van der Waals surface area contributed by atoms with Gasteiger partial charge in [-0.3, -0.25) is 4.79 Å². The van der Waals surface area contributed by atoms with Gasteiger partial charge in [0.2, 0.25) is 0 Å². The Morgan fingerprint density at radius 2 is 1.89 bits per heavy atom. The first-order valence-electron chi connectivity index (χ1n) is 8.99. The van der Waals surface area contributed by atoms with Crippen LogP contribution in [0.25, 0.3) is 16.9 Å². The molecule has 2 aromatic carbocycles. The lowest BCUT2D eigenvalue weighted by Gasteiger charge is -2.12. The average Bonchev–Trinajstić information content (AvgIpc) is 3.28. The third-order valence-electron chi connectivity index (χ3n) is 4.83. The predicted octanol–water partition coefficient (Wildman–Crippen LogP) is 2.18. The van der Waals surface area contributed by atoms with Crippen molar-refractivity contribution in [1.29, 1.82) is 0 Å². The van der Waals surface area contributed by atoms with Crippen molar-refractivity contribution in [3.63, 3.8) is 0 Å². The van der Waals surface area contributed by atoms with Crippen molar-refractivity contribution in [2.24, 2.45) is 0 Å². The van der Waals surface area contributed by atoms with E-state index in [2.05, 4.69) is 10.4 Å². The molecule has 28 heavy (non-hydrogen) atoms. The maximum Gasteiger partial charge on any atom is 0.272 e. The van der Waals surface area contributed by atoms with E-state index in [-0.39, 0.29) is 19.1 Å². The molecule has 1 heterocycles. The molecule has 0 saturated carbocycles. The monoisotopic (exact) mass is 379 g/mol. The molecule has 0 fully saturated rings. The number of carbonyl (C=O) groups excluding carboxylic acids is 1. The summed E-state index contributed by atoms with van der Waals surface area (Å²) in [6.45, 7) is 0.0579. The Balaban J connectivity index is 1.90. The fourth-order valence-electron chi connectivity index (χ4n) is 3.56. The number of methoxy groups -OCH3 is 2. The van der Waals surface area contributed by atoms with Gasteiger partial charge in [-0.2, -0.15) is 5.10 Å². The molecule has 7 heteroatoms. The van der Waals surface area contributed by atoms with Crippen LogP contribution in [0.3, 0.4) is 0 Å². The molecule has 1 amide bonds. The molecular formula is C21H21N3O4. The molecule has 2 N–H and O–H groups in total. The van der Waals surface area contributed by atoms with Gasteiger partial charge in [0.15, 0.2) is 17.2 Å². The van der Waals surface area contributed by atoms with Gasteiger partial charge in [0.05, 0.1) is 32.2 Å². The minimum Gasteiger partial charge on any atom is -0.493 e. The van der Waals surface area contributed by atoms with Gasteiger partial charge in [-0.05, 0) is 29.8 Å². The second-order valence-corrected chi connectivity index (χ2v) is 6.44. The van der Waals surface area contributed by atoms with E-state index in [1.165, 1.54) is 0 Å². The minimum atomic E-state index is -0.299. The molecule has 7 nitrogen and oxygen atoms in total. The topological polar surface area (TPSA) is 85.6 Å². The highest BCUT2D eigenvalue weighted by molar-refractivity contribution is 5.97. The van der Waals surface area contributed by atoms with Gasteiger partial charge in [-0.1, -0.05) is 18.2 Å². The van der Waals surface area contributed by atoms with Crippen molar-refractivity contribution in [3.05, 3.63) is 59.3 Å². The van der Waals surface area contributed by atoms with Gasteiger partial charge in [-0.25, -0.2) is 4.68 Å². The first-order valence-corrected chi connectivity index (χ1v) is 8.99. The zero-order chi connectivity index (χ0) is 19.7. The molecule has 0 saturated heterocycles. The van der Waals surface area contributed by atoms with E-state index in [1.54, 1.807) is 18.9 Å². The number of hydrogen-bond donors (Lipinski definition) is 2. The molecule has 1 aromatic heterocycles. The van der Waals surface area contributed by atoms with E-state index in [4.69, 9.17) is 14.6 Å². The zero-order valence-electron chi connectivity index (χ0n) is 15.7. The van der Waals surface area contributed by atoms with E-state index >= 15 is 0 Å². The third-order valence-corrected chi connectivity index (χ3v) is 4.83. The summed E-state index contributed by atoms with van der Waals surface area (Å²) in [6, 6.07) is 13.6. The van der Waals surface area contributed by atoms with Crippen molar-refractivity contribution >= 4 is 5.91 Å². The standard InChI is InChI=1S/C21H21N3O4/c1-27-17-11-13-10-16-19(21(26)22-8-9-25)23-24(14-6-4-3-5-7-14)20(16)15(13)12-18(17)28-2/h3-7,11-12,25H,8-10H2,1-2H3,(H,22,26). The quantitative estimate of drug-likeness (QED) is 0.536. The van der Waals surface area contributed by atoms with Crippen LogP contribution in [0.4, 0.5) is 0 Å². The summed E-state index contributed by atoms with van der Waals surface area (Å²) in [4.78, 5) is 12.7. The number of benzene rings is 2. The number of nitrogens with one attached hydrogen (secondary N) is 1. The number of aliphatic hydroxyl groups excluding tert-OH is 1. The van der Waals surface area contributed by atoms with Gasteiger partial charge in [0, 0.05) is 24.1 Å². The Morgan fingerprint density at radius 3 is 2.57 bits per heavy atom. The molecule has 1 aliphatic carbocycles. The highest BCUT2D eigenvalue weighted by Crippen LogP contribution is 2.44. The van der Waals surface area contributed by atoms with Gasteiger partial charge < -0.3 is 19.9 Å².